The number of aliphatic hydroxyl groups is 1. The Morgan fingerprint density at radius 3 is 2.58 bits per heavy atom. The molecule has 1 amide bonds. The molecular weight excluding hydrogens is 446 g/mol. The van der Waals surface area contributed by atoms with E-state index in [1.165, 1.54) is 4.90 Å². The third-order valence-corrected chi connectivity index (χ3v) is 6.07. The van der Waals surface area contributed by atoms with Crippen molar-refractivity contribution in [2.45, 2.75) is 18.6 Å². The molecule has 3 aromatic rings. The van der Waals surface area contributed by atoms with Crippen molar-refractivity contribution in [2.24, 2.45) is 5.73 Å². The SMILES string of the molecule is N#CC1=C(N)Oc2c(oc(CO)cc2=O)C12C(=O)N(Cc1ccc(Cl)cc1)c1ccccc12. The number of fused-ring (bicyclic) bond motifs is 4. The summed E-state index contributed by atoms with van der Waals surface area (Å²) in [5.74, 6) is -1.42. The van der Waals surface area contributed by atoms with Crippen LogP contribution in [0.5, 0.6) is 5.75 Å². The van der Waals surface area contributed by atoms with E-state index < -0.39 is 23.4 Å². The van der Waals surface area contributed by atoms with Crippen molar-refractivity contribution in [3.63, 3.8) is 0 Å². The molecule has 1 unspecified atom stereocenters. The number of amides is 1. The Morgan fingerprint density at radius 2 is 1.88 bits per heavy atom. The lowest BCUT2D eigenvalue weighted by atomic mass is 9.72. The zero-order chi connectivity index (χ0) is 23.3. The number of nitriles is 1. The molecule has 1 spiro atoms. The average Bonchev–Trinajstić information content (AvgIpc) is 3.05. The smallest absolute Gasteiger partial charge is 0.251 e. The summed E-state index contributed by atoms with van der Waals surface area (Å²) in [6, 6.07) is 17.0. The molecular formula is C24H16ClN3O5. The molecule has 2 aliphatic rings. The first-order valence-corrected chi connectivity index (χ1v) is 10.3. The van der Waals surface area contributed by atoms with Crippen molar-refractivity contribution in [1.29, 1.82) is 5.26 Å². The third kappa shape index (κ3) is 2.87. The van der Waals surface area contributed by atoms with Gasteiger partial charge < -0.3 is 24.9 Å². The van der Waals surface area contributed by atoms with Gasteiger partial charge in [0, 0.05) is 22.3 Å². The quantitative estimate of drug-likeness (QED) is 0.613. The Bertz CT molecular complexity index is 1440. The summed E-state index contributed by atoms with van der Waals surface area (Å²) in [4.78, 5) is 28.4. The van der Waals surface area contributed by atoms with Crippen molar-refractivity contribution >= 4 is 23.2 Å². The number of benzene rings is 2. The molecule has 0 saturated carbocycles. The largest absolute Gasteiger partial charge is 0.457 e. The van der Waals surface area contributed by atoms with E-state index in [9.17, 15) is 20.0 Å². The summed E-state index contributed by atoms with van der Waals surface area (Å²) < 4.78 is 11.3. The van der Waals surface area contributed by atoms with Gasteiger partial charge in [-0.3, -0.25) is 9.59 Å². The lowest BCUT2D eigenvalue weighted by Crippen LogP contribution is -2.46. The first-order chi connectivity index (χ1) is 15.9. The molecule has 9 heteroatoms. The summed E-state index contributed by atoms with van der Waals surface area (Å²) >= 11 is 6.00. The highest BCUT2D eigenvalue weighted by molar-refractivity contribution is 6.30. The molecule has 2 aliphatic heterocycles. The summed E-state index contributed by atoms with van der Waals surface area (Å²) in [6.07, 6.45) is 0. The molecule has 0 radical (unpaired) electrons. The van der Waals surface area contributed by atoms with Gasteiger partial charge in [-0.05, 0) is 23.8 Å². The second kappa shape index (κ2) is 7.52. The maximum Gasteiger partial charge on any atom is 0.251 e. The molecule has 0 aliphatic carbocycles. The maximum atomic E-state index is 14.2. The van der Waals surface area contributed by atoms with Crippen molar-refractivity contribution < 1.29 is 19.1 Å². The summed E-state index contributed by atoms with van der Waals surface area (Å²) in [7, 11) is 0. The number of hydrogen-bond acceptors (Lipinski definition) is 7. The van der Waals surface area contributed by atoms with Gasteiger partial charge in [-0.2, -0.15) is 5.26 Å². The molecule has 8 nitrogen and oxygen atoms in total. The molecule has 0 fully saturated rings. The zero-order valence-corrected chi connectivity index (χ0v) is 17.8. The van der Waals surface area contributed by atoms with Crippen molar-refractivity contribution in [3.8, 4) is 11.8 Å². The molecule has 1 aromatic heterocycles. The van der Waals surface area contributed by atoms with Gasteiger partial charge in [-0.1, -0.05) is 41.9 Å². The van der Waals surface area contributed by atoms with E-state index in [1.54, 1.807) is 48.5 Å². The van der Waals surface area contributed by atoms with Crippen molar-refractivity contribution in [1.82, 2.24) is 0 Å². The number of aliphatic hydroxyl groups excluding tert-OH is 1. The van der Waals surface area contributed by atoms with Crippen LogP contribution in [0.15, 0.2) is 75.3 Å². The number of rotatable bonds is 3. The highest BCUT2D eigenvalue weighted by Crippen LogP contribution is 2.54. The van der Waals surface area contributed by atoms with Gasteiger partial charge in [0.05, 0.1) is 6.54 Å². The molecule has 0 bridgehead atoms. The Kier molecular flexibility index (Phi) is 4.74. The molecule has 164 valence electrons. The molecule has 5 rings (SSSR count). The van der Waals surface area contributed by atoms with E-state index in [0.29, 0.717) is 16.3 Å². The standard InChI is InChI=1S/C24H16ClN3O5/c25-14-7-5-13(6-8-14)11-28-18-4-2-1-3-16(18)24(23(28)31)17(10-26)22(27)33-20-19(30)9-15(12-29)32-21(20)24/h1-9,29H,11-12,27H2. The predicted molar refractivity (Wildman–Crippen MR) is 118 cm³/mol. The molecule has 3 N–H and O–H groups in total. The van der Waals surface area contributed by atoms with Gasteiger partial charge in [0.15, 0.2) is 11.2 Å². The lowest BCUT2D eigenvalue weighted by Gasteiger charge is -2.32. The second-order valence-corrected chi connectivity index (χ2v) is 8.07. The van der Waals surface area contributed by atoms with E-state index in [2.05, 4.69) is 0 Å². The number of nitrogens with zero attached hydrogens (tertiary/aromatic N) is 2. The van der Waals surface area contributed by atoms with Crippen molar-refractivity contribution in [2.75, 3.05) is 4.90 Å². The first kappa shape index (κ1) is 20.8. The normalized spacial score (nSPS) is 18.7. The number of nitrogens with two attached hydrogens (primary N) is 1. The van der Waals surface area contributed by atoms with Gasteiger partial charge in [-0.15, -0.1) is 0 Å². The monoisotopic (exact) mass is 461 g/mol. The minimum atomic E-state index is -1.83. The van der Waals surface area contributed by atoms with E-state index in [0.717, 1.165) is 11.6 Å². The van der Waals surface area contributed by atoms with Crippen LogP contribution in [0.1, 0.15) is 22.6 Å². The number of halogens is 1. The van der Waals surface area contributed by atoms with Crippen LogP contribution in [0.4, 0.5) is 5.69 Å². The topological polar surface area (TPSA) is 130 Å². The molecule has 3 heterocycles. The summed E-state index contributed by atoms with van der Waals surface area (Å²) in [5, 5.41) is 20.2. The minimum absolute atomic E-state index is 0.0686. The van der Waals surface area contributed by atoms with Gasteiger partial charge in [-0.25, -0.2) is 0 Å². The highest BCUT2D eigenvalue weighted by Gasteiger charge is 2.61. The molecule has 33 heavy (non-hydrogen) atoms. The Balaban J connectivity index is 1.81. The number of carbonyl (C=O) groups is 1. The second-order valence-electron chi connectivity index (χ2n) is 7.63. The van der Waals surface area contributed by atoms with Crippen LogP contribution in [0.25, 0.3) is 0 Å². The highest BCUT2D eigenvalue weighted by atomic mass is 35.5. The first-order valence-electron chi connectivity index (χ1n) is 9.94. The Hall–Kier alpha value is -4.06. The van der Waals surface area contributed by atoms with Crippen LogP contribution in [0.3, 0.4) is 0 Å². The number of hydrogen-bond donors (Lipinski definition) is 2. The molecule has 0 saturated heterocycles. The fourth-order valence-electron chi connectivity index (χ4n) is 4.39. The van der Waals surface area contributed by atoms with E-state index in [4.69, 9.17) is 26.5 Å². The predicted octanol–water partition coefficient (Wildman–Crippen LogP) is 2.70. The number of para-hydroxylation sites is 1. The molecule has 2 aromatic carbocycles. The summed E-state index contributed by atoms with van der Waals surface area (Å²) in [6.45, 7) is -0.405. The molecule has 1 atom stereocenters. The number of ether oxygens (including phenoxy) is 1. The van der Waals surface area contributed by atoms with Gasteiger partial charge >= 0.3 is 0 Å². The van der Waals surface area contributed by atoms with Crippen LogP contribution in [0.2, 0.25) is 5.02 Å². The van der Waals surface area contributed by atoms with E-state index in [1.807, 2.05) is 6.07 Å². The van der Waals surface area contributed by atoms with Crippen molar-refractivity contribution in [3.05, 3.63) is 104 Å². The van der Waals surface area contributed by atoms with Crippen LogP contribution in [0, 0.1) is 11.3 Å². The van der Waals surface area contributed by atoms with Crippen LogP contribution >= 0.6 is 11.6 Å². The van der Waals surface area contributed by atoms with Crippen LogP contribution < -0.4 is 20.8 Å². The Morgan fingerprint density at radius 1 is 1.15 bits per heavy atom. The number of carbonyl (C=O) groups excluding carboxylic acids is 1. The van der Waals surface area contributed by atoms with Gasteiger partial charge in [0.1, 0.15) is 24.0 Å². The van der Waals surface area contributed by atoms with E-state index in [-0.39, 0.29) is 35.3 Å². The number of anilines is 1. The fraction of sp³-hybridized carbons (Fsp3) is 0.125. The average molecular weight is 462 g/mol. The zero-order valence-electron chi connectivity index (χ0n) is 17.0. The third-order valence-electron chi connectivity index (χ3n) is 5.82. The lowest BCUT2D eigenvalue weighted by molar-refractivity contribution is -0.121. The Labute approximate surface area is 192 Å². The fourth-order valence-corrected chi connectivity index (χ4v) is 4.52. The van der Waals surface area contributed by atoms with Gasteiger partial charge in [0.25, 0.3) is 5.91 Å². The summed E-state index contributed by atoms with van der Waals surface area (Å²) in [5.41, 5.74) is 5.16. The van der Waals surface area contributed by atoms with Crippen LogP contribution in [-0.4, -0.2) is 11.0 Å². The maximum absolute atomic E-state index is 14.2. The van der Waals surface area contributed by atoms with Gasteiger partial charge in [0.2, 0.25) is 17.1 Å². The van der Waals surface area contributed by atoms with E-state index >= 15 is 0 Å². The minimum Gasteiger partial charge on any atom is -0.457 e. The van der Waals surface area contributed by atoms with Crippen LogP contribution in [-0.2, 0) is 23.4 Å².